The smallest absolute Gasteiger partial charge is 0.241 e. The summed E-state index contributed by atoms with van der Waals surface area (Å²) < 4.78 is 6.66. The number of hydrogen-bond donors (Lipinski definition) is 1. The number of thioether (sulfide) groups is 1. The Morgan fingerprint density at radius 3 is 2.43 bits per heavy atom. The Morgan fingerprint density at radius 1 is 1.30 bits per heavy atom. The average molecular weight is 340 g/mol. The highest BCUT2D eigenvalue weighted by Crippen LogP contribution is 2.35. The number of rotatable bonds is 4. The van der Waals surface area contributed by atoms with Gasteiger partial charge in [0.2, 0.25) is 5.91 Å². The largest absolute Gasteiger partial charge is 0.381 e. The van der Waals surface area contributed by atoms with Crippen LogP contribution in [0.1, 0.15) is 53.2 Å². The predicted molar refractivity (Wildman–Crippen MR) is 96.0 cm³/mol. The molecule has 5 nitrogen and oxygen atoms in total. The summed E-state index contributed by atoms with van der Waals surface area (Å²) >= 11 is 1.75. The molecule has 130 valence electrons. The first-order valence-corrected chi connectivity index (χ1v) is 9.09. The van der Waals surface area contributed by atoms with Gasteiger partial charge in [-0.05, 0) is 26.7 Å². The highest BCUT2D eigenvalue weighted by atomic mass is 32.2. The Bertz CT molecular complexity index is 555. The van der Waals surface area contributed by atoms with E-state index in [-0.39, 0.29) is 11.3 Å². The topological polar surface area (TPSA) is 56.2 Å². The van der Waals surface area contributed by atoms with Crippen LogP contribution in [0.3, 0.4) is 0 Å². The van der Waals surface area contributed by atoms with E-state index in [0.717, 1.165) is 37.6 Å². The Kier molecular flexibility index (Phi) is 5.46. The van der Waals surface area contributed by atoms with Crippen molar-refractivity contribution in [1.82, 2.24) is 9.78 Å². The van der Waals surface area contributed by atoms with E-state index in [1.807, 2.05) is 27.0 Å². The molecule has 0 aromatic carbocycles. The average Bonchev–Trinajstić information content (AvgIpc) is 2.81. The van der Waals surface area contributed by atoms with E-state index >= 15 is 0 Å². The van der Waals surface area contributed by atoms with Crippen molar-refractivity contribution in [3.05, 3.63) is 11.8 Å². The molecule has 0 spiro atoms. The molecular weight excluding hydrogens is 310 g/mol. The van der Waals surface area contributed by atoms with Crippen molar-refractivity contribution in [2.45, 2.75) is 62.9 Å². The second kappa shape index (κ2) is 6.85. The van der Waals surface area contributed by atoms with Crippen LogP contribution in [0, 0.1) is 0 Å². The van der Waals surface area contributed by atoms with Gasteiger partial charge in [-0.15, -0.1) is 11.8 Å². The zero-order chi connectivity index (χ0) is 17.3. The summed E-state index contributed by atoms with van der Waals surface area (Å²) in [6, 6.07) is 1.97. The lowest BCUT2D eigenvalue weighted by molar-refractivity contribution is -0.117. The van der Waals surface area contributed by atoms with Gasteiger partial charge < -0.3 is 10.1 Å². The van der Waals surface area contributed by atoms with Crippen molar-refractivity contribution in [2.75, 3.05) is 18.5 Å². The van der Waals surface area contributed by atoms with E-state index in [0.29, 0.717) is 5.25 Å². The van der Waals surface area contributed by atoms with E-state index in [4.69, 9.17) is 4.74 Å². The van der Waals surface area contributed by atoms with Gasteiger partial charge in [0.05, 0.1) is 10.4 Å². The molecule has 0 radical (unpaired) electrons. The Balaban J connectivity index is 2.04. The van der Waals surface area contributed by atoms with Crippen molar-refractivity contribution in [2.24, 2.45) is 7.05 Å². The monoisotopic (exact) mass is 339 g/mol. The molecule has 1 aliphatic rings. The fraction of sp³-hybridized carbons (Fsp3) is 0.765. The van der Waals surface area contributed by atoms with Crippen LogP contribution in [0.2, 0.25) is 0 Å². The molecule has 0 bridgehead atoms. The summed E-state index contributed by atoms with van der Waals surface area (Å²) in [5, 5.41) is 8.04. The SMILES string of the molecule is Cn1nc(C(C)(C)C)cc1NC(=O)C(C)(C)SC1CCOCC1. The normalized spacial score (nSPS) is 17.3. The summed E-state index contributed by atoms with van der Waals surface area (Å²) in [5.41, 5.74) is 0.942. The molecule has 2 heterocycles. The molecule has 0 saturated carbocycles. The number of amides is 1. The zero-order valence-corrected chi connectivity index (χ0v) is 15.9. The number of carbonyl (C=O) groups excluding carboxylic acids is 1. The van der Waals surface area contributed by atoms with Crippen LogP contribution in [0.15, 0.2) is 6.07 Å². The van der Waals surface area contributed by atoms with Crippen LogP contribution in [-0.4, -0.2) is 38.9 Å². The first kappa shape index (κ1) is 18.3. The van der Waals surface area contributed by atoms with E-state index in [9.17, 15) is 4.79 Å². The minimum atomic E-state index is -0.478. The Hall–Kier alpha value is -1.01. The summed E-state index contributed by atoms with van der Waals surface area (Å²) in [6.07, 6.45) is 2.03. The van der Waals surface area contributed by atoms with Gasteiger partial charge in [0, 0.05) is 37.0 Å². The van der Waals surface area contributed by atoms with Gasteiger partial charge >= 0.3 is 0 Å². The molecule has 1 aromatic heterocycles. The molecule has 6 heteroatoms. The highest BCUT2D eigenvalue weighted by Gasteiger charge is 2.33. The third kappa shape index (κ3) is 4.73. The third-order valence-corrected chi connectivity index (χ3v) is 5.65. The van der Waals surface area contributed by atoms with Crippen molar-refractivity contribution < 1.29 is 9.53 Å². The van der Waals surface area contributed by atoms with Gasteiger partial charge in [-0.1, -0.05) is 20.8 Å². The lowest BCUT2D eigenvalue weighted by Gasteiger charge is -2.30. The molecule has 1 saturated heterocycles. The highest BCUT2D eigenvalue weighted by molar-refractivity contribution is 8.02. The van der Waals surface area contributed by atoms with Crippen molar-refractivity contribution in [3.63, 3.8) is 0 Å². The number of hydrogen-bond acceptors (Lipinski definition) is 4. The molecule has 0 atom stereocenters. The molecule has 1 aliphatic heterocycles. The van der Waals surface area contributed by atoms with Crippen molar-refractivity contribution in [1.29, 1.82) is 0 Å². The maximum Gasteiger partial charge on any atom is 0.241 e. The summed E-state index contributed by atoms with van der Waals surface area (Å²) in [7, 11) is 1.86. The van der Waals surface area contributed by atoms with Crippen LogP contribution in [0.25, 0.3) is 0 Å². The standard InChI is InChI=1S/C17H29N3O2S/c1-16(2,3)13-11-14(20(6)19-13)18-15(21)17(4,5)23-12-7-9-22-10-8-12/h11-12H,7-10H2,1-6H3,(H,18,21). The minimum Gasteiger partial charge on any atom is -0.381 e. The van der Waals surface area contributed by atoms with E-state index in [1.165, 1.54) is 0 Å². The van der Waals surface area contributed by atoms with Crippen LogP contribution >= 0.6 is 11.8 Å². The Labute approximate surface area is 143 Å². The predicted octanol–water partition coefficient (Wildman–Crippen LogP) is 3.35. The van der Waals surface area contributed by atoms with Gasteiger partial charge in [0.1, 0.15) is 5.82 Å². The van der Waals surface area contributed by atoms with Crippen LogP contribution < -0.4 is 5.32 Å². The van der Waals surface area contributed by atoms with Gasteiger partial charge in [-0.2, -0.15) is 5.10 Å². The molecule has 1 amide bonds. The first-order chi connectivity index (χ1) is 10.6. The van der Waals surface area contributed by atoms with Crippen LogP contribution in [-0.2, 0) is 22.0 Å². The van der Waals surface area contributed by atoms with Crippen molar-refractivity contribution in [3.8, 4) is 0 Å². The number of anilines is 1. The van der Waals surface area contributed by atoms with Crippen molar-refractivity contribution >= 4 is 23.5 Å². The number of ether oxygens (including phenoxy) is 1. The van der Waals surface area contributed by atoms with E-state index in [2.05, 4.69) is 31.2 Å². The maximum absolute atomic E-state index is 12.7. The zero-order valence-electron chi connectivity index (χ0n) is 15.1. The number of aryl methyl sites for hydroxylation is 1. The summed E-state index contributed by atoms with van der Waals surface area (Å²) in [4.78, 5) is 12.7. The second-order valence-corrected chi connectivity index (χ2v) is 9.61. The molecular formula is C17H29N3O2S. The van der Waals surface area contributed by atoms with Gasteiger partial charge in [-0.3, -0.25) is 9.48 Å². The molecule has 0 aliphatic carbocycles. The summed E-state index contributed by atoms with van der Waals surface area (Å²) in [5.74, 6) is 0.776. The molecule has 1 aromatic rings. The molecule has 1 fully saturated rings. The maximum atomic E-state index is 12.7. The quantitative estimate of drug-likeness (QED) is 0.914. The number of nitrogens with one attached hydrogen (secondary N) is 1. The van der Waals surface area contributed by atoms with Gasteiger partial charge in [-0.25, -0.2) is 0 Å². The van der Waals surface area contributed by atoms with Crippen LogP contribution in [0.4, 0.5) is 5.82 Å². The number of nitrogens with zero attached hydrogens (tertiary/aromatic N) is 2. The number of carbonyl (C=O) groups is 1. The Morgan fingerprint density at radius 2 is 1.91 bits per heavy atom. The lowest BCUT2D eigenvalue weighted by Crippen LogP contribution is -2.37. The number of aromatic nitrogens is 2. The molecule has 0 unspecified atom stereocenters. The lowest BCUT2D eigenvalue weighted by atomic mass is 9.92. The molecule has 2 rings (SSSR count). The minimum absolute atomic E-state index is 0.0254. The first-order valence-electron chi connectivity index (χ1n) is 8.21. The van der Waals surface area contributed by atoms with E-state index < -0.39 is 4.75 Å². The fourth-order valence-electron chi connectivity index (χ4n) is 2.48. The fourth-order valence-corrected chi connectivity index (χ4v) is 3.90. The third-order valence-electron chi connectivity index (χ3n) is 4.07. The van der Waals surface area contributed by atoms with Crippen LogP contribution in [0.5, 0.6) is 0 Å². The summed E-state index contributed by atoms with van der Waals surface area (Å²) in [6.45, 7) is 11.9. The van der Waals surface area contributed by atoms with Gasteiger partial charge in [0.15, 0.2) is 0 Å². The van der Waals surface area contributed by atoms with Gasteiger partial charge in [0.25, 0.3) is 0 Å². The van der Waals surface area contributed by atoms with E-state index in [1.54, 1.807) is 16.4 Å². The molecule has 23 heavy (non-hydrogen) atoms. The second-order valence-electron chi connectivity index (χ2n) is 7.68. The molecule has 1 N–H and O–H groups in total.